The second kappa shape index (κ2) is 7.67. The Hall–Kier alpha value is -3.60. The van der Waals surface area contributed by atoms with E-state index in [-0.39, 0.29) is 12.0 Å². The number of ether oxygens (including phenoxy) is 1. The standard InChI is InChI=1S/C25H22O5/c1-14-8-9-17-6-4-5-7-19(17)21(14)13-29-22-11-10-18-15(2)20(12-23(26)27)25(28)30-24(18)16(22)3/h4-11H,12-13H2,1-3H3,(H,26,27). The van der Waals surface area contributed by atoms with E-state index >= 15 is 0 Å². The number of carboxylic acids is 1. The molecular weight excluding hydrogens is 380 g/mol. The third-order valence-corrected chi connectivity index (χ3v) is 5.63. The summed E-state index contributed by atoms with van der Waals surface area (Å²) >= 11 is 0. The number of hydrogen-bond donors (Lipinski definition) is 1. The highest BCUT2D eigenvalue weighted by molar-refractivity contribution is 5.87. The average Bonchev–Trinajstić information content (AvgIpc) is 2.72. The highest BCUT2D eigenvalue weighted by Gasteiger charge is 2.17. The van der Waals surface area contributed by atoms with Gasteiger partial charge >= 0.3 is 11.6 Å². The van der Waals surface area contributed by atoms with E-state index in [1.165, 1.54) is 0 Å². The number of benzene rings is 3. The third-order valence-electron chi connectivity index (χ3n) is 5.63. The summed E-state index contributed by atoms with van der Waals surface area (Å²) in [6.45, 7) is 6.04. The van der Waals surface area contributed by atoms with E-state index in [1.807, 2.05) is 31.2 Å². The van der Waals surface area contributed by atoms with Crippen molar-refractivity contribution < 1.29 is 19.1 Å². The lowest BCUT2D eigenvalue weighted by Gasteiger charge is -2.15. The van der Waals surface area contributed by atoms with Crippen LogP contribution in [-0.4, -0.2) is 11.1 Å². The predicted molar refractivity (Wildman–Crippen MR) is 116 cm³/mol. The van der Waals surface area contributed by atoms with Gasteiger partial charge in [0.25, 0.3) is 0 Å². The number of carbonyl (C=O) groups is 1. The van der Waals surface area contributed by atoms with Crippen LogP contribution in [0.4, 0.5) is 0 Å². The number of aliphatic carboxylic acids is 1. The zero-order valence-corrected chi connectivity index (χ0v) is 17.1. The number of rotatable bonds is 5. The maximum absolute atomic E-state index is 12.4. The molecule has 4 rings (SSSR count). The number of carboxylic acid groups (broad SMARTS) is 1. The molecule has 0 saturated heterocycles. The molecule has 0 radical (unpaired) electrons. The predicted octanol–water partition coefficient (Wildman–Crippen LogP) is 5.08. The fourth-order valence-electron chi connectivity index (χ4n) is 3.87. The third kappa shape index (κ3) is 3.43. The molecule has 0 spiro atoms. The molecular formula is C25H22O5. The van der Waals surface area contributed by atoms with Crippen LogP contribution in [0.3, 0.4) is 0 Å². The summed E-state index contributed by atoms with van der Waals surface area (Å²) in [4.78, 5) is 23.4. The van der Waals surface area contributed by atoms with Crippen molar-refractivity contribution >= 4 is 27.7 Å². The van der Waals surface area contributed by atoms with Crippen molar-refractivity contribution in [1.82, 2.24) is 0 Å². The van der Waals surface area contributed by atoms with Gasteiger partial charge in [0.2, 0.25) is 0 Å². The summed E-state index contributed by atoms with van der Waals surface area (Å²) in [5.74, 6) is -0.435. The monoisotopic (exact) mass is 402 g/mol. The van der Waals surface area contributed by atoms with Crippen LogP contribution >= 0.6 is 0 Å². The Labute approximate surface area is 173 Å². The lowest BCUT2D eigenvalue weighted by molar-refractivity contribution is -0.136. The molecule has 3 aromatic carbocycles. The van der Waals surface area contributed by atoms with E-state index in [9.17, 15) is 9.59 Å². The van der Waals surface area contributed by atoms with E-state index in [0.29, 0.717) is 29.1 Å². The summed E-state index contributed by atoms with van der Waals surface area (Å²) in [7, 11) is 0. The molecule has 1 aromatic heterocycles. The van der Waals surface area contributed by atoms with E-state index in [2.05, 4.69) is 31.2 Å². The van der Waals surface area contributed by atoms with Gasteiger partial charge in [0.1, 0.15) is 17.9 Å². The maximum Gasteiger partial charge on any atom is 0.340 e. The second-order valence-electron chi connectivity index (χ2n) is 7.50. The van der Waals surface area contributed by atoms with E-state index in [0.717, 1.165) is 27.3 Å². The Morgan fingerprint density at radius 2 is 1.70 bits per heavy atom. The normalized spacial score (nSPS) is 11.2. The molecule has 0 atom stereocenters. The van der Waals surface area contributed by atoms with Crippen LogP contribution < -0.4 is 10.4 Å². The first-order valence-electron chi connectivity index (χ1n) is 9.74. The largest absolute Gasteiger partial charge is 0.488 e. The molecule has 1 heterocycles. The summed E-state index contributed by atoms with van der Waals surface area (Å²) in [6.07, 6.45) is -0.359. The zero-order chi connectivity index (χ0) is 21.4. The molecule has 0 fully saturated rings. The maximum atomic E-state index is 12.4. The van der Waals surface area contributed by atoms with Crippen LogP contribution in [0.5, 0.6) is 5.75 Å². The molecule has 0 saturated carbocycles. The van der Waals surface area contributed by atoms with Crippen molar-refractivity contribution in [3.05, 3.63) is 86.8 Å². The summed E-state index contributed by atoms with van der Waals surface area (Å²) in [5, 5.41) is 12.1. The number of aryl methyl sites for hydroxylation is 3. The lowest BCUT2D eigenvalue weighted by Crippen LogP contribution is -2.15. The highest BCUT2D eigenvalue weighted by Crippen LogP contribution is 2.31. The van der Waals surface area contributed by atoms with Gasteiger partial charge in [-0.15, -0.1) is 0 Å². The average molecular weight is 402 g/mol. The van der Waals surface area contributed by atoms with Gasteiger partial charge in [-0.05, 0) is 54.8 Å². The van der Waals surface area contributed by atoms with Crippen LogP contribution in [0.25, 0.3) is 21.7 Å². The fourth-order valence-corrected chi connectivity index (χ4v) is 3.87. The first-order chi connectivity index (χ1) is 14.4. The molecule has 30 heavy (non-hydrogen) atoms. The van der Waals surface area contributed by atoms with E-state index in [1.54, 1.807) is 6.92 Å². The summed E-state index contributed by atoms with van der Waals surface area (Å²) < 4.78 is 11.6. The summed E-state index contributed by atoms with van der Waals surface area (Å²) in [6, 6.07) is 16.0. The first-order valence-corrected chi connectivity index (χ1v) is 9.74. The molecule has 5 nitrogen and oxygen atoms in total. The zero-order valence-electron chi connectivity index (χ0n) is 17.1. The lowest BCUT2D eigenvalue weighted by atomic mass is 10.00. The van der Waals surface area contributed by atoms with Crippen LogP contribution in [0.15, 0.2) is 57.7 Å². The first kappa shape index (κ1) is 19.7. The van der Waals surface area contributed by atoms with Gasteiger partial charge in [0.05, 0.1) is 12.0 Å². The van der Waals surface area contributed by atoms with Gasteiger partial charge in [-0.2, -0.15) is 0 Å². The minimum Gasteiger partial charge on any atom is -0.488 e. The van der Waals surface area contributed by atoms with Crippen molar-refractivity contribution in [2.75, 3.05) is 0 Å². The van der Waals surface area contributed by atoms with E-state index < -0.39 is 11.6 Å². The molecule has 0 aliphatic heterocycles. The molecule has 5 heteroatoms. The van der Waals surface area contributed by atoms with Gasteiger partial charge < -0.3 is 14.3 Å². The molecule has 0 bridgehead atoms. The van der Waals surface area contributed by atoms with Crippen molar-refractivity contribution in [3.63, 3.8) is 0 Å². The Bertz CT molecular complexity index is 1350. The minimum absolute atomic E-state index is 0.175. The second-order valence-corrected chi connectivity index (χ2v) is 7.50. The number of fused-ring (bicyclic) bond motifs is 2. The van der Waals surface area contributed by atoms with Crippen molar-refractivity contribution in [1.29, 1.82) is 0 Å². The molecule has 4 aromatic rings. The number of hydrogen-bond acceptors (Lipinski definition) is 4. The Morgan fingerprint density at radius 3 is 2.47 bits per heavy atom. The van der Waals surface area contributed by atoms with Crippen LogP contribution in [0.2, 0.25) is 0 Å². The van der Waals surface area contributed by atoms with Gasteiger partial charge in [-0.25, -0.2) is 4.79 Å². The molecule has 152 valence electrons. The van der Waals surface area contributed by atoms with Crippen molar-refractivity contribution in [3.8, 4) is 5.75 Å². The van der Waals surface area contributed by atoms with Crippen molar-refractivity contribution in [2.45, 2.75) is 33.8 Å². The van der Waals surface area contributed by atoms with Gasteiger partial charge in [0, 0.05) is 16.5 Å². The molecule has 0 aliphatic carbocycles. The molecule has 0 aliphatic rings. The Balaban J connectivity index is 1.73. The van der Waals surface area contributed by atoms with E-state index in [4.69, 9.17) is 14.3 Å². The Morgan fingerprint density at radius 1 is 0.933 bits per heavy atom. The molecule has 1 N–H and O–H groups in total. The van der Waals surface area contributed by atoms with Gasteiger partial charge in [-0.1, -0.05) is 36.4 Å². The van der Waals surface area contributed by atoms with Gasteiger partial charge in [-0.3, -0.25) is 4.79 Å². The fraction of sp³-hybridized carbons (Fsp3) is 0.200. The van der Waals surface area contributed by atoms with Crippen LogP contribution in [0.1, 0.15) is 27.8 Å². The Kier molecular flexibility index (Phi) is 5.04. The molecule has 0 unspecified atom stereocenters. The van der Waals surface area contributed by atoms with Crippen LogP contribution in [-0.2, 0) is 17.8 Å². The topological polar surface area (TPSA) is 76.7 Å². The smallest absolute Gasteiger partial charge is 0.340 e. The highest BCUT2D eigenvalue weighted by atomic mass is 16.5. The SMILES string of the molecule is Cc1ccc2ccccc2c1COc1ccc2c(C)c(CC(=O)O)c(=O)oc2c1C. The molecule has 0 amide bonds. The van der Waals surface area contributed by atoms with Gasteiger partial charge in [0.15, 0.2) is 0 Å². The van der Waals surface area contributed by atoms with Crippen molar-refractivity contribution in [2.24, 2.45) is 0 Å². The summed E-state index contributed by atoms with van der Waals surface area (Å²) in [5.41, 5.74) is 3.59. The minimum atomic E-state index is -1.06. The quantitative estimate of drug-likeness (QED) is 0.471. The van der Waals surface area contributed by atoms with Crippen LogP contribution in [0, 0.1) is 20.8 Å².